The molecule has 0 amide bonds. The lowest BCUT2D eigenvalue weighted by molar-refractivity contribution is 0.318. The van der Waals surface area contributed by atoms with Gasteiger partial charge in [0.2, 0.25) is 0 Å². The van der Waals surface area contributed by atoms with Crippen molar-refractivity contribution in [2.75, 3.05) is 6.61 Å². The van der Waals surface area contributed by atoms with Crippen molar-refractivity contribution >= 4 is 12.2 Å². The minimum absolute atomic E-state index is 0.250. The van der Waals surface area contributed by atoms with Crippen LogP contribution >= 0.6 is 0 Å². The molecule has 0 heterocycles. The van der Waals surface area contributed by atoms with Crippen LogP contribution in [0.2, 0.25) is 0 Å². The molecule has 0 spiro atoms. The van der Waals surface area contributed by atoms with Crippen LogP contribution in [0.5, 0.6) is 0 Å². The molecule has 0 saturated heterocycles. The number of hydrogen-bond acceptors (Lipinski definition) is 1. The topological polar surface area (TPSA) is 20.2 Å². The van der Waals surface area contributed by atoms with E-state index in [2.05, 4.69) is 13.2 Å². The van der Waals surface area contributed by atoms with E-state index >= 15 is 0 Å². The quantitative estimate of drug-likeness (QED) is 0.734. The zero-order valence-corrected chi connectivity index (χ0v) is 8.03. The molecule has 0 aliphatic rings. The molecule has 70 valence electrons. The summed E-state index contributed by atoms with van der Waals surface area (Å²) >= 11 is 0. The van der Waals surface area contributed by atoms with Gasteiger partial charge in [-0.15, -0.1) is 0 Å². The van der Waals surface area contributed by atoms with Crippen molar-refractivity contribution in [3.8, 4) is 0 Å². The second-order valence-electron chi connectivity index (χ2n) is 2.35. The molecule has 0 radical (unpaired) electrons. The summed E-state index contributed by atoms with van der Waals surface area (Å²) in [6.07, 6.45) is 3.66. The van der Waals surface area contributed by atoms with Crippen molar-refractivity contribution in [3.05, 3.63) is 48.6 Å². The number of hydrogen-bond donors (Lipinski definition) is 1. The normalized spacial score (nSPS) is 8.15. The Morgan fingerprint density at radius 1 is 1.15 bits per heavy atom. The van der Waals surface area contributed by atoms with Crippen molar-refractivity contribution in [1.29, 1.82) is 0 Å². The molecule has 0 aliphatic heterocycles. The van der Waals surface area contributed by atoms with E-state index in [-0.39, 0.29) is 6.61 Å². The molecule has 1 rings (SSSR count). The predicted molar refractivity (Wildman–Crippen MR) is 59.4 cm³/mol. The van der Waals surface area contributed by atoms with Gasteiger partial charge in [-0.2, -0.15) is 0 Å². The first-order valence-electron chi connectivity index (χ1n) is 4.24. The van der Waals surface area contributed by atoms with E-state index in [1.165, 1.54) is 0 Å². The fourth-order valence-electron chi connectivity index (χ4n) is 0.883. The second kappa shape index (κ2) is 7.32. The van der Waals surface area contributed by atoms with E-state index < -0.39 is 0 Å². The summed E-state index contributed by atoms with van der Waals surface area (Å²) in [4.78, 5) is 0. The highest BCUT2D eigenvalue weighted by atomic mass is 16.2. The zero-order chi connectivity index (χ0) is 10.1. The highest BCUT2D eigenvalue weighted by molar-refractivity contribution is 5.63. The van der Waals surface area contributed by atoms with Crippen LogP contribution in [-0.2, 0) is 0 Å². The first kappa shape index (κ1) is 11.7. The first-order valence-corrected chi connectivity index (χ1v) is 4.24. The Balaban J connectivity index is 0.000000424. The van der Waals surface area contributed by atoms with E-state index in [1.807, 2.05) is 36.4 Å². The molecular weight excluding hydrogens is 160 g/mol. The van der Waals surface area contributed by atoms with Crippen molar-refractivity contribution in [2.45, 2.75) is 6.92 Å². The van der Waals surface area contributed by atoms with Crippen LogP contribution in [0.4, 0.5) is 0 Å². The zero-order valence-electron chi connectivity index (χ0n) is 8.03. The first-order chi connectivity index (χ1) is 6.29. The van der Waals surface area contributed by atoms with Gasteiger partial charge >= 0.3 is 0 Å². The lowest BCUT2D eigenvalue weighted by Crippen LogP contribution is -1.76. The number of benzene rings is 1. The third kappa shape index (κ3) is 4.28. The summed E-state index contributed by atoms with van der Waals surface area (Å²) in [5.41, 5.74) is 2.27. The van der Waals surface area contributed by atoms with Gasteiger partial charge in [0.25, 0.3) is 0 Å². The predicted octanol–water partition coefficient (Wildman–Crippen LogP) is 2.97. The molecular formula is C12H16O. The summed E-state index contributed by atoms with van der Waals surface area (Å²) in [5.74, 6) is 0. The van der Waals surface area contributed by atoms with Gasteiger partial charge in [0.15, 0.2) is 0 Å². The Morgan fingerprint density at radius 3 is 1.69 bits per heavy atom. The largest absolute Gasteiger partial charge is 0.397 e. The summed E-state index contributed by atoms with van der Waals surface area (Å²) in [5, 5.41) is 7.57. The minimum atomic E-state index is 0.250. The Kier molecular flexibility index (Phi) is 6.56. The van der Waals surface area contributed by atoms with Gasteiger partial charge in [-0.05, 0) is 18.1 Å². The molecule has 0 saturated carbocycles. The van der Waals surface area contributed by atoms with Gasteiger partial charge in [-0.25, -0.2) is 0 Å². The maximum atomic E-state index is 7.57. The standard InChI is InChI=1S/C10H10.C2H6O/c1-3-9-7-5-6-8-10(9)4-2;1-2-3/h3-8H,1-2H2;3H,2H2,1H3. The molecule has 0 bridgehead atoms. The summed E-state index contributed by atoms with van der Waals surface area (Å²) in [7, 11) is 0. The number of aliphatic hydroxyl groups excluding tert-OH is 1. The van der Waals surface area contributed by atoms with Crippen LogP contribution in [0.15, 0.2) is 37.4 Å². The maximum Gasteiger partial charge on any atom is 0.0402 e. The number of rotatable bonds is 2. The van der Waals surface area contributed by atoms with Gasteiger partial charge in [-0.3, -0.25) is 0 Å². The lowest BCUT2D eigenvalue weighted by Gasteiger charge is -1.96. The summed E-state index contributed by atoms with van der Waals surface area (Å²) in [6, 6.07) is 8.02. The fourth-order valence-corrected chi connectivity index (χ4v) is 0.883. The summed E-state index contributed by atoms with van der Waals surface area (Å²) in [6.45, 7) is 9.31. The molecule has 0 atom stereocenters. The smallest absolute Gasteiger partial charge is 0.0402 e. The highest BCUT2D eigenvalue weighted by Crippen LogP contribution is 2.10. The molecule has 1 heteroatoms. The van der Waals surface area contributed by atoms with Crippen molar-refractivity contribution in [1.82, 2.24) is 0 Å². The molecule has 1 nitrogen and oxygen atoms in total. The molecule has 1 aromatic rings. The van der Waals surface area contributed by atoms with E-state index in [9.17, 15) is 0 Å². The Hall–Kier alpha value is -1.34. The van der Waals surface area contributed by atoms with Crippen molar-refractivity contribution in [3.63, 3.8) is 0 Å². The summed E-state index contributed by atoms with van der Waals surface area (Å²) < 4.78 is 0. The molecule has 0 aromatic heterocycles. The van der Waals surface area contributed by atoms with Crippen molar-refractivity contribution in [2.24, 2.45) is 0 Å². The minimum Gasteiger partial charge on any atom is -0.397 e. The Labute approximate surface area is 80.0 Å². The lowest BCUT2D eigenvalue weighted by atomic mass is 10.1. The molecule has 1 N–H and O–H groups in total. The van der Waals surface area contributed by atoms with Gasteiger partial charge < -0.3 is 5.11 Å². The van der Waals surface area contributed by atoms with E-state index in [1.54, 1.807) is 6.92 Å². The monoisotopic (exact) mass is 176 g/mol. The van der Waals surface area contributed by atoms with Crippen LogP contribution in [0.1, 0.15) is 18.1 Å². The molecule has 13 heavy (non-hydrogen) atoms. The Bertz CT molecular complexity index is 237. The van der Waals surface area contributed by atoms with Crippen molar-refractivity contribution < 1.29 is 5.11 Å². The third-order valence-electron chi connectivity index (χ3n) is 1.44. The van der Waals surface area contributed by atoms with Gasteiger partial charge in [-0.1, -0.05) is 49.6 Å². The Morgan fingerprint density at radius 2 is 1.46 bits per heavy atom. The third-order valence-corrected chi connectivity index (χ3v) is 1.44. The SMILES string of the molecule is C=Cc1ccccc1C=C.CCO. The molecule has 0 aliphatic carbocycles. The van der Waals surface area contributed by atoms with Crippen LogP contribution in [-0.4, -0.2) is 11.7 Å². The molecule has 1 aromatic carbocycles. The maximum absolute atomic E-state index is 7.57. The van der Waals surface area contributed by atoms with Gasteiger partial charge in [0.1, 0.15) is 0 Å². The fraction of sp³-hybridized carbons (Fsp3) is 0.167. The van der Waals surface area contributed by atoms with E-state index in [0.717, 1.165) is 11.1 Å². The average molecular weight is 176 g/mol. The van der Waals surface area contributed by atoms with Gasteiger partial charge in [0.05, 0.1) is 0 Å². The van der Waals surface area contributed by atoms with Crippen LogP contribution in [0.3, 0.4) is 0 Å². The highest BCUT2D eigenvalue weighted by Gasteiger charge is 1.89. The molecule has 0 unspecified atom stereocenters. The van der Waals surface area contributed by atoms with E-state index in [0.29, 0.717) is 0 Å². The van der Waals surface area contributed by atoms with E-state index in [4.69, 9.17) is 5.11 Å². The average Bonchev–Trinajstić information content (AvgIpc) is 2.19. The van der Waals surface area contributed by atoms with Crippen LogP contribution in [0.25, 0.3) is 12.2 Å². The van der Waals surface area contributed by atoms with Crippen LogP contribution < -0.4 is 0 Å². The van der Waals surface area contributed by atoms with Crippen LogP contribution in [0, 0.1) is 0 Å². The molecule has 0 fully saturated rings. The second-order valence-corrected chi connectivity index (χ2v) is 2.35. The number of aliphatic hydroxyl groups is 1. The van der Waals surface area contributed by atoms with Gasteiger partial charge in [0, 0.05) is 6.61 Å².